The zero-order valence-corrected chi connectivity index (χ0v) is 19.8. The fraction of sp³-hybridized carbons (Fsp3) is 0.391. The number of amides is 1. The summed E-state index contributed by atoms with van der Waals surface area (Å²) >= 11 is 0. The van der Waals surface area contributed by atoms with E-state index in [1.54, 1.807) is 30.3 Å². The van der Waals surface area contributed by atoms with E-state index in [2.05, 4.69) is 36.1 Å². The highest BCUT2D eigenvalue weighted by molar-refractivity contribution is 7.89. The molecule has 0 saturated carbocycles. The molecule has 1 fully saturated rings. The molecule has 3 aromatic rings. The van der Waals surface area contributed by atoms with Crippen LogP contribution in [0.25, 0.3) is 11.0 Å². The molecule has 3 N–H and O–H groups in total. The molecule has 1 aliphatic heterocycles. The molecule has 0 unspecified atom stereocenters. The SMILES string of the molecule is CC(C)(C)c1ccc(S(=O)(=O)N2CCN(CC(=O)Nc3ccc4[nH]c(=O)[nH]c4c3)CC2)cc1. The van der Waals surface area contributed by atoms with Gasteiger partial charge in [-0.1, -0.05) is 32.9 Å². The van der Waals surface area contributed by atoms with Gasteiger partial charge in [0.05, 0.1) is 22.5 Å². The topological polar surface area (TPSA) is 118 Å². The van der Waals surface area contributed by atoms with Gasteiger partial charge in [0.15, 0.2) is 0 Å². The smallest absolute Gasteiger partial charge is 0.323 e. The Bertz CT molecular complexity index is 1310. The van der Waals surface area contributed by atoms with Gasteiger partial charge in [-0.25, -0.2) is 13.2 Å². The zero-order valence-electron chi connectivity index (χ0n) is 19.0. The number of fused-ring (bicyclic) bond motifs is 1. The van der Waals surface area contributed by atoms with Gasteiger partial charge in [0.2, 0.25) is 15.9 Å². The zero-order chi connectivity index (χ0) is 23.8. The van der Waals surface area contributed by atoms with Crippen molar-refractivity contribution in [2.75, 3.05) is 38.0 Å². The maximum absolute atomic E-state index is 13.0. The molecule has 0 bridgehead atoms. The standard InChI is InChI=1S/C23H29N5O4S/c1-23(2,3)16-4-7-18(8-5-16)33(31,32)28-12-10-27(11-13-28)15-21(29)24-17-6-9-19-20(14-17)26-22(30)25-19/h4-9,14H,10-13,15H2,1-3H3,(H,24,29)(H2,25,26,30). The summed E-state index contributed by atoms with van der Waals surface area (Å²) in [5.74, 6) is -0.193. The summed E-state index contributed by atoms with van der Waals surface area (Å²) in [4.78, 5) is 31.4. The van der Waals surface area contributed by atoms with Crippen molar-refractivity contribution in [1.82, 2.24) is 19.2 Å². The molecule has 1 saturated heterocycles. The van der Waals surface area contributed by atoms with Crippen molar-refractivity contribution in [3.8, 4) is 0 Å². The number of carbonyl (C=O) groups excluding carboxylic acids is 1. The Morgan fingerprint density at radius 1 is 0.970 bits per heavy atom. The normalized spacial score (nSPS) is 16.2. The number of nitrogens with one attached hydrogen (secondary N) is 3. The molecular weight excluding hydrogens is 442 g/mol. The Hall–Kier alpha value is -2.95. The molecule has 1 amide bonds. The molecule has 1 aromatic heterocycles. The van der Waals surface area contributed by atoms with Crippen LogP contribution in [-0.4, -0.2) is 66.2 Å². The number of piperazine rings is 1. The van der Waals surface area contributed by atoms with Crippen LogP contribution in [0.5, 0.6) is 0 Å². The molecular formula is C23H29N5O4S. The van der Waals surface area contributed by atoms with Crippen LogP contribution in [0.15, 0.2) is 52.2 Å². The van der Waals surface area contributed by atoms with E-state index >= 15 is 0 Å². The first kappa shape index (κ1) is 23.2. The summed E-state index contributed by atoms with van der Waals surface area (Å²) in [6.07, 6.45) is 0. The van der Waals surface area contributed by atoms with E-state index in [4.69, 9.17) is 0 Å². The molecule has 9 nitrogen and oxygen atoms in total. The minimum atomic E-state index is -3.57. The summed E-state index contributed by atoms with van der Waals surface area (Å²) in [6.45, 7) is 8.02. The number of aromatic amines is 2. The van der Waals surface area contributed by atoms with Gasteiger partial charge in [-0.15, -0.1) is 0 Å². The van der Waals surface area contributed by atoms with Crippen LogP contribution in [0.1, 0.15) is 26.3 Å². The number of imidazole rings is 1. The van der Waals surface area contributed by atoms with Gasteiger partial charge in [-0.05, 0) is 41.3 Å². The summed E-state index contributed by atoms with van der Waals surface area (Å²) in [5, 5.41) is 2.83. The molecule has 0 spiro atoms. The van der Waals surface area contributed by atoms with Crippen LogP contribution in [-0.2, 0) is 20.2 Å². The van der Waals surface area contributed by atoms with E-state index in [1.807, 2.05) is 17.0 Å². The van der Waals surface area contributed by atoms with Crippen LogP contribution < -0.4 is 11.0 Å². The predicted octanol–water partition coefficient (Wildman–Crippen LogP) is 2.10. The summed E-state index contributed by atoms with van der Waals surface area (Å²) in [5.41, 5.74) is 2.61. The van der Waals surface area contributed by atoms with Gasteiger partial charge < -0.3 is 15.3 Å². The Kier molecular flexibility index (Phi) is 6.17. The molecule has 33 heavy (non-hydrogen) atoms. The number of nitrogens with zero attached hydrogens (tertiary/aromatic N) is 2. The first-order chi connectivity index (χ1) is 15.5. The minimum absolute atomic E-state index is 0.0425. The van der Waals surface area contributed by atoms with E-state index in [-0.39, 0.29) is 23.6 Å². The van der Waals surface area contributed by atoms with Gasteiger partial charge in [-0.3, -0.25) is 9.69 Å². The maximum Gasteiger partial charge on any atom is 0.323 e. The van der Waals surface area contributed by atoms with Gasteiger partial charge in [0.25, 0.3) is 0 Å². The Morgan fingerprint density at radius 3 is 2.24 bits per heavy atom. The number of carbonyl (C=O) groups is 1. The molecule has 4 rings (SSSR count). The van der Waals surface area contributed by atoms with Crippen molar-refractivity contribution in [2.24, 2.45) is 0 Å². The van der Waals surface area contributed by atoms with Crippen molar-refractivity contribution in [3.63, 3.8) is 0 Å². The molecule has 1 aliphatic rings. The number of rotatable bonds is 5. The maximum atomic E-state index is 13.0. The Labute approximate surface area is 192 Å². The number of anilines is 1. The van der Waals surface area contributed by atoms with Gasteiger partial charge in [0.1, 0.15) is 0 Å². The predicted molar refractivity (Wildman–Crippen MR) is 128 cm³/mol. The highest BCUT2D eigenvalue weighted by Gasteiger charge is 2.29. The molecule has 0 atom stereocenters. The highest BCUT2D eigenvalue weighted by atomic mass is 32.2. The lowest BCUT2D eigenvalue weighted by Gasteiger charge is -2.33. The Morgan fingerprint density at radius 2 is 1.61 bits per heavy atom. The second-order valence-electron chi connectivity index (χ2n) is 9.34. The summed E-state index contributed by atoms with van der Waals surface area (Å²) in [7, 11) is -3.57. The van der Waals surface area contributed by atoms with E-state index in [9.17, 15) is 18.0 Å². The number of hydrogen-bond donors (Lipinski definition) is 3. The van der Waals surface area contributed by atoms with E-state index in [1.165, 1.54) is 4.31 Å². The average molecular weight is 472 g/mol. The number of H-pyrrole nitrogens is 2. The monoisotopic (exact) mass is 471 g/mol. The third-order valence-electron chi connectivity index (χ3n) is 5.86. The van der Waals surface area contributed by atoms with E-state index in [0.717, 1.165) is 5.56 Å². The van der Waals surface area contributed by atoms with Crippen molar-refractivity contribution in [1.29, 1.82) is 0 Å². The van der Waals surface area contributed by atoms with Crippen molar-refractivity contribution in [3.05, 3.63) is 58.5 Å². The quantitative estimate of drug-likeness (QED) is 0.527. The highest BCUT2D eigenvalue weighted by Crippen LogP contribution is 2.25. The van der Waals surface area contributed by atoms with Crippen LogP contribution in [0.3, 0.4) is 0 Å². The van der Waals surface area contributed by atoms with Crippen molar-refractivity contribution < 1.29 is 13.2 Å². The number of benzene rings is 2. The first-order valence-electron chi connectivity index (χ1n) is 10.9. The van der Waals surface area contributed by atoms with Crippen molar-refractivity contribution >= 4 is 32.7 Å². The fourth-order valence-corrected chi connectivity index (χ4v) is 5.34. The molecule has 0 radical (unpaired) electrons. The van der Waals surface area contributed by atoms with Gasteiger partial charge in [0, 0.05) is 31.9 Å². The lowest BCUT2D eigenvalue weighted by Crippen LogP contribution is -2.50. The van der Waals surface area contributed by atoms with E-state index in [0.29, 0.717) is 47.8 Å². The van der Waals surface area contributed by atoms with Crippen LogP contribution in [0.4, 0.5) is 5.69 Å². The molecule has 0 aliphatic carbocycles. The first-order valence-corrected chi connectivity index (χ1v) is 12.3. The number of hydrogen-bond acceptors (Lipinski definition) is 5. The Balaban J connectivity index is 1.33. The molecule has 2 aromatic carbocycles. The minimum Gasteiger partial charge on any atom is -0.325 e. The summed E-state index contributed by atoms with van der Waals surface area (Å²) in [6, 6.07) is 12.2. The van der Waals surface area contributed by atoms with E-state index < -0.39 is 10.0 Å². The van der Waals surface area contributed by atoms with Crippen LogP contribution in [0, 0.1) is 0 Å². The third kappa shape index (κ3) is 5.18. The fourth-order valence-electron chi connectivity index (χ4n) is 3.92. The molecule has 10 heteroatoms. The average Bonchev–Trinajstić information content (AvgIpc) is 3.13. The third-order valence-corrected chi connectivity index (χ3v) is 7.77. The van der Waals surface area contributed by atoms with Gasteiger partial charge >= 0.3 is 5.69 Å². The largest absolute Gasteiger partial charge is 0.325 e. The number of sulfonamides is 1. The molecule has 176 valence electrons. The molecule has 2 heterocycles. The second-order valence-corrected chi connectivity index (χ2v) is 11.3. The number of aromatic nitrogens is 2. The van der Waals surface area contributed by atoms with Crippen molar-refractivity contribution in [2.45, 2.75) is 31.1 Å². The van der Waals surface area contributed by atoms with Crippen LogP contribution in [0.2, 0.25) is 0 Å². The van der Waals surface area contributed by atoms with Gasteiger partial charge in [-0.2, -0.15) is 4.31 Å². The lowest BCUT2D eigenvalue weighted by atomic mass is 9.87. The lowest BCUT2D eigenvalue weighted by molar-refractivity contribution is -0.117. The van der Waals surface area contributed by atoms with Crippen LogP contribution >= 0.6 is 0 Å². The summed E-state index contributed by atoms with van der Waals surface area (Å²) < 4.78 is 27.5. The second kappa shape index (κ2) is 8.77.